The Hall–Kier alpha value is -3.66. The molecule has 4 heteroatoms. The molecule has 4 N–H and O–H groups in total. The second-order valence-corrected chi connectivity index (χ2v) is 7.58. The quantitative estimate of drug-likeness (QED) is 0.398. The number of rotatable bonds is 1. The Morgan fingerprint density at radius 1 is 0.607 bits per heavy atom. The second kappa shape index (κ2) is 5.42. The summed E-state index contributed by atoms with van der Waals surface area (Å²) in [5.41, 5.74) is 3.27. The lowest BCUT2D eigenvalue weighted by atomic mass is 9.80. The number of nitrogens with one attached hydrogen (secondary N) is 4. The Morgan fingerprint density at radius 3 is 1.50 bits per heavy atom. The van der Waals surface area contributed by atoms with Gasteiger partial charge in [-0.25, -0.2) is 0 Å². The van der Waals surface area contributed by atoms with Crippen LogP contribution in [0.5, 0.6) is 0 Å². The highest BCUT2D eigenvalue weighted by Crippen LogP contribution is 2.23. The van der Waals surface area contributed by atoms with Gasteiger partial charge in [0.25, 0.3) is 0 Å². The fourth-order valence-electron chi connectivity index (χ4n) is 4.58. The van der Waals surface area contributed by atoms with E-state index in [1.165, 1.54) is 0 Å². The molecule has 2 unspecified atom stereocenters. The minimum Gasteiger partial charge on any atom is -0.355 e. The van der Waals surface area contributed by atoms with Crippen LogP contribution in [0.2, 0.25) is 0 Å². The van der Waals surface area contributed by atoms with Crippen molar-refractivity contribution in [2.75, 3.05) is 0 Å². The molecule has 28 heavy (non-hydrogen) atoms. The van der Waals surface area contributed by atoms with Crippen LogP contribution >= 0.6 is 0 Å². The van der Waals surface area contributed by atoms with E-state index in [0.717, 1.165) is 42.9 Å². The molecule has 0 saturated carbocycles. The number of H-pyrrole nitrogens is 2. The summed E-state index contributed by atoms with van der Waals surface area (Å²) < 4.78 is 0. The average Bonchev–Trinajstić information content (AvgIpc) is 3.24. The molecule has 2 aliphatic carbocycles. The molecule has 6 rings (SSSR count). The van der Waals surface area contributed by atoms with Crippen molar-refractivity contribution in [2.24, 2.45) is 11.8 Å². The highest BCUT2D eigenvalue weighted by Gasteiger charge is 2.28. The SMILES string of the molecule is N=C1C=c2c([nH]c3ccccc23)=CC1C1C=c2[nH]c3ccccc3c2=CC1=N. The topological polar surface area (TPSA) is 79.3 Å². The van der Waals surface area contributed by atoms with Gasteiger partial charge in [-0.2, -0.15) is 0 Å². The first-order valence-electron chi connectivity index (χ1n) is 9.46. The normalized spacial score (nSPS) is 20.7. The van der Waals surface area contributed by atoms with Crippen LogP contribution in [0.25, 0.3) is 46.1 Å². The zero-order valence-corrected chi connectivity index (χ0v) is 15.1. The third-order valence-electron chi connectivity index (χ3n) is 5.95. The van der Waals surface area contributed by atoms with Crippen molar-refractivity contribution in [3.8, 4) is 0 Å². The van der Waals surface area contributed by atoms with Gasteiger partial charge in [-0.3, -0.25) is 0 Å². The molecule has 0 amide bonds. The Bertz CT molecular complexity index is 1440. The van der Waals surface area contributed by atoms with Crippen LogP contribution in [0.3, 0.4) is 0 Å². The lowest BCUT2D eigenvalue weighted by Gasteiger charge is -2.23. The van der Waals surface area contributed by atoms with Crippen LogP contribution in [-0.4, -0.2) is 21.4 Å². The van der Waals surface area contributed by atoms with Gasteiger partial charge in [-0.05, 0) is 24.3 Å². The molecule has 0 saturated heterocycles. The monoisotopic (exact) mass is 362 g/mol. The van der Waals surface area contributed by atoms with Gasteiger partial charge in [0.2, 0.25) is 0 Å². The van der Waals surface area contributed by atoms with E-state index in [0.29, 0.717) is 11.4 Å². The Morgan fingerprint density at radius 2 is 1.04 bits per heavy atom. The van der Waals surface area contributed by atoms with Gasteiger partial charge in [-0.1, -0.05) is 48.6 Å². The number of benzene rings is 2. The van der Waals surface area contributed by atoms with Gasteiger partial charge in [-0.15, -0.1) is 0 Å². The predicted molar refractivity (Wildman–Crippen MR) is 115 cm³/mol. The summed E-state index contributed by atoms with van der Waals surface area (Å²) in [6, 6.07) is 16.4. The summed E-state index contributed by atoms with van der Waals surface area (Å²) in [4.78, 5) is 6.95. The fraction of sp³-hybridized carbons (Fsp3) is 0.0833. The van der Waals surface area contributed by atoms with Gasteiger partial charge in [0.15, 0.2) is 0 Å². The fourth-order valence-corrected chi connectivity index (χ4v) is 4.58. The van der Waals surface area contributed by atoms with Crippen LogP contribution in [0, 0.1) is 22.7 Å². The number of hydrogen-bond donors (Lipinski definition) is 4. The van der Waals surface area contributed by atoms with Crippen molar-refractivity contribution in [3.05, 3.63) is 69.7 Å². The van der Waals surface area contributed by atoms with Crippen LogP contribution in [0.4, 0.5) is 0 Å². The minimum atomic E-state index is -0.149. The minimum absolute atomic E-state index is 0.149. The summed E-state index contributed by atoms with van der Waals surface area (Å²) in [5, 5.41) is 23.9. The molecular formula is C24H18N4. The number of aromatic amines is 2. The molecule has 0 fully saturated rings. The number of para-hydroxylation sites is 2. The summed E-state index contributed by atoms with van der Waals surface area (Å²) in [7, 11) is 0. The van der Waals surface area contributed by atoms with Crippen molar-refractivity contribution >= 4 is 57.5 Å². The molecule has 2 aromatic heterocycles. The van der Waals surface area contributed by atoms with Crippen LogP contribution < -0.4 is 21.1 Å². The van der Waals surface area contributed by atoms with Crippen LogP contribution in [0.15, 0.2) is 48.5 Å². The van der Waals surface area contributed by atoms with Crippen LogP contribution in [-0.2, 0) is 0 Å². The van der Waals surface area contributed by atoms with E-state index >= 15 is 0 Å². The maximum atomic E-state index is 8.67. The zero-order chi connectivity index (χ0) is 18.8. The molecule has 2 heterocycles. The van der Waals surface area contributed by atoms with E-state index < -0.39 is 0 Å². The van der Waals surface area contributed by atoms with E-state index in [1.807, 2.05) is 36.4 Å². The summed E-state index contributed by atoms with van der Waals surface area (Å²) in [5.74, 6) is -0.298. The molecule has 0 bridgehead atoms. The van der Waals surface area contributed by atoms with Gasteiger partial charge in [0.1, 0.15) is 0 Å². The molecule has 4 aromatic rings. The Kier molecular flexibility index (Phi) is 2.98. The molecule has 134 valence electrons. The predicted octanol–water partition coefficient (Wildman–Crippen LogP) is 1.77. The maximum Gasteiger partial charge on any atom is 0.0464 e. The molecule has 2 atom stereocenters. The first kappa shape index (κ1) is 15.4. The van der Waals surface area contributed by atoms with E-state index in [2.05, 4.69) is 46.4 Å². The van der Waals surface area contributed by atoms with Gasteiger partial charge in [0.05, 0.1) is 0 Å². The third kappa shape index (κ3) is 2.06. The van der Waals surface area contributed by atoms with Gasteiger partial charge < -0.3 is 20.8 Å². The summed E-state index contributed by atoms with van der Waals surface area (Å²) in [6.07, 6.45) is 8.16. The molecule has 2 aromatic carbocycles. The molecule has 4 nitrogen and oxygen atoms in total. The third-order valence-corrected chi connectivity index (χ3v) is 5.95. The number of fused-ring (bicyclic) bond motifs is 6. The molecular weight excluding hydrogens is 344 g/mol. The molecule has 0 radical (unpaired) electrons. The highest BCUT2D eigenvalue weighted by molar-refractivity contribution is 6.21. The Labute approximate surface area is 160 Å². The van der Waals surface area contributed by atoms with Crippen molar-refractivity contribution in [1.82, 2.24) is 9.97 Å². The van der Waals surface area contributed by atoms with Gasteiger partial charge >= 0.3 is 0 Å². The van der Waals surface area contributed by atoms with Crippen molar-refractivity contribution in [3.63, 3.8) is 0 Å². The average molecular weight is 362 g/mol. The summed E-state index contributed by atoms with van der Waals surface area (Å²) in [6.45, 7) is 0. The first-order chi connectivity index (χ1) is 13.7. The first-order valence-corrected chi connectivity index (χ1v) is 9.46. The smallest absolute Gasteiger partial charge is 0.0464 e. The highest BCUT2D eigenvalue weighted by atomic mass is 14.7. The van der Waals surface area contributed by atoms with Crippen molar-refractivity contribution in [2.45, 2.75) is 0 Å². The standard InChI is InChI=1S/C24H18N4/c25-19-9-17-13-5-1-3-7-21(13)27-23(17)11-15(19)16-12-24-18(10-20(16)26)14-6-2-4-8-22(14)28-24/h1-12,15-16,25-28H. The molecule has 0 spiro atoms. The Balaban J connectivity index is 1.55. The zero-order valence-electron chi connectivity index (χ0n) is 15.1. The van der Waals surface area contributed by atoms with Crippen molar-refractivity contribution < 1.29 is 0 Å². The van der Waals surface area contributed by atoms with E-state index in [1.54, 1.807) is 0 Å². The van der Waals surface area contributed by atoms with E-state index in [9.17, 15) is 0 Å². The molecule has 2 aliphatic rings. The van der Waals surface area contributed by atoms with Crippen LogP contribution in [0.1, 0.15) is 0 Å². The van der Waals surface area contributed by atoms with E-state index in [-0.39, 0.29) is 11.8 Å². The van der Waals surface area contributed by atoms with Crippen molar-refractivity contribution in [1.29, 1.82) is 10.8 Å². The maximum absolute atomic E-state index is 8.67. The lowest BCUT2D eigenvalue weighted by molar-refractivity contribution is 0.811. The largest absolute Gasteiger partial charge is 0.355 e. The second-order valence-electron chi connectivity index (χ2n) is 7.58. The number of aromatic nitrogens is 2. The van der Waals surface area contributed by atoms with E-state index in [4.69, 9.17) is 10.8 Å². The number of hydrogen-bond acceptors (Lipinski definition) is 2. The molecule has 0 aliphatic heterocycles. The van der Waals surface area contributed by atoms with Gasteiger partial charge in [0, 0.05) is 66.2 Å². The summed E-state index contributed by atoms with van der Waals surface area (Å²) >= 11 is 0. The lowest BCUT2D eigenvalue weighted by Crippen LogP contribution is -2.40.